The van der Waals surface area contributed by atoms with Gasteiger partial charge in [-0.15, -0.1) is 0 Å². The number of ether oxygens (including phenoxy) is 1. The summed E-state index contributed by atoms with van der Waals surface area (Å²) in [6.07, 6.45) is 0.310. The average Bonchev–Trinajstić information content (AvgIpc) is 1.87. The van der Waals surface area contributed by atoms with Gasteiger partial charge in [0.15, 0.2) is 0 Å². The normalized spacial score (nSPS) is 17.3. The van der Waals surface area contributed by atoms with Crippen LogP contribution in [-0.2, 0) is 4.74 Å². The molecule has 0 aromatic carbocycles. The van der Waals surface area contributed by atoms with Gasteiger partial charge < -0.3 is 10.1 Å². The fourth-order valence-corrected chi connectivity index (χ4v) is 0.692. The molecule has 9 heavy (non-hydrogen) atoms. The summed E-state index contributed by atoms with van der Waals surface area (Å²) in [4.78, 5) is 0. The quantitative estimate of drug-likeness (QED) is 0.623. The second-order valence-corrected chi connectivity index (χ2v) is 2.29. The van der Waals surface area contributed by atoms with Crippen LogP contribution in [0.15, 0.2) is 0 Å². The molecule has 0 spiro atoms. The maximum atomic E-state index is 5.10. The lowest BCUT2D eigenvalue weighted by atomic mass is 10.2. The molecule has 0 unspecified atom stereocenters. The van der Waals surface area contributed by atoms with Crippen molar-refractivity contribution in [3.63, 3.8) is 0 Å². The van der Waals surface area contributed by atoms with Crippen molar-refractivity contribution in [2.24, 2.45) is 0 Å². The third kappa shape index (κ3) is 3.49. The lowest BCUT2D eigenvalue weighted by molar-refractivity contribution is 0.0894. The van der Waals surface area contributed by atoms with Crippen molar-refractivity contribution in [2.45, 2.75) is 32.9 Å². The van der Waals surface area contributed by atoms with Gasteiger partial charge in [0.05, 0.1) is 6.10 Å². The molecular formula is C7H19NO. The van der Waals surface area contributed by atoms with Gasteiger partial charge in [-0.3, -0.25) is 0 Å². The Morgan fingerprint density at radius 3 is 2.44 bits per heavy atom. The second kappa shape index (κ2) is 4.77. The summed E-state index contributed by atoms with van der Waals surface area (Å²) in [5.41, 5.74) is 0. The first kappa shape index (κ1) is 8.92. The molecule has 0 fully saturated rings. The topological polar surface area (TPSA) is 21.3 Å². The van der Waals surface area contributed by atoms with E-state index >= 15 is 0 Å². The van der Waals surface area contributed by atoms with Gasteiger partial charge in [0, 0.05) is 14.6 Å². The van der Waals surface area contributed by atoms with E-state index < -0.39 is 0 Å². The minimum Gasteiger partial charge on any atom is -0.380 e. The predicted molar refractivity (Wildman–Crippen MR) is 41.7 cm³/mol. The summed E-state index contributed by atoms with van der Waals surface area (Å²) in [7, 11) is 1.73. The Hall–Kier alpha value is -0.0800. The molecule has 2 atom stereocenters. The predicted octanol–water partition coefficient (Wildman–Crippen LogP) is 1.27. The van der Waals surface area contributed by atoms with Crippen molar-refractivity contribution in [3.8, 4) is 0 Å². The van der Waals surface area contributed by atoms with Gasteiger partial charge in [0.2, 0.25) is 0 Å². The zero-order valence-corrected chi connectivity index (χ0v) is 6.77. The van der Waals surface area contributed by atoms with Crippen LogP contribution in [0.1, 0.15) is 22.2 Å². The summed E-state index contributed by atoms with van der Waals surface area (Å²) in [6, 6.07) is 0.458. The number of methoxy groups -OCH3 is 1. The van der Waals surface area contributed by atoms with Crippen molar-refractivity contribution in [1.29, 1.82) is 0 Å². The summed E-state index contributed by atoms with van der Waals surface area (Å²) in [5.74, 6) is 0. The number of likely N-dealkylation sites (N-methyl/N-ethyl adjacent to an activating group) is 1. The summed E-state index contributed by atoms with van der Waals surface area (Å²) in [5, 5.41) is 3.27. The van der Waals surface area contributed by atoms with Crippen LogP contribution in [0.25, 0.3) is 0 Å². The van der Waals surface area contributed by atoms with E-state index in [1.165, 1.54) is 0 Å². The first-order chi connectivity index (χ1) is 4.22. The maximum Gasteiger partial charge on any atom is 0.0693 e. The Bertz CT molecular complexity index is 70.6. The fourth-order valence-electron chi connectivity index (χ4n) is 0.692. The Kier molecular flexibility index (Phi) is 4.72. The van der Waals surface area contributed by atoms with Crippen molar-refractivity contribution in [3.05, 3.63) is 0 Å². The van der Waals surface area contributed by atoms with E-state index in [2.05, 4.69) is 26.1 Å². The van der Waals surface area contributed by atoms with Crippen LogP contribution in [0.4, 0.5) is 0 Å². The molecule has 58 valence electrons. The minimum atomic E-state index is 0. The highest BCUT2D eigenvalue weighted by atomic mass is 16.5. The van der Waals surface area contributed by atoms with Gasteiger partial charge >= 0.3 is 0 Å². The van der Waals surface area contributed by atoms with Crippen molar-refractivity contribution >= 4 is 0 Å². The Morgan fingerprint density at radius 1 is 1.56 bits per heavy atom. The maximum absolute atomic E-state index is 5.10. The third-order valence-corrected chi connectivity index (χ3v) is 1.60. The second-order valence-electron chi connectivity index (χ2n) is 2.29. The number of hydrogen-bond acceptors (Lipinski definition) is 2. The van der Waals surface area contributed by atoms with Crippen LogP contribution < -0.4 is 5.32 Å². The zero-order chi connectivity index (χ0) is 7.28. The van der Waals surface area contributed by atoms with Crippen LogP contribution >= 0.6 is 0 Å². The molecule has 2 heteroatoms. The van der Waals surface area contributed by atoms with Crippen molar-refractivity contribution < 1.29 is 6.16 Å². The molecule has 2 nitrogen and oxygen atoms in total. The molecule has 0 aliphatic heterocycles. The van der Waals surface area contributed by atoms with E-state index in [1.54, 1.807) is 7.11 Å². The number of rotatable bonds is 4. The van der Waals surface area contributed by atoms with E-state index in [1.807, 2.05) is 0 Å². The van der Waals surface area contributed by atoms with E-state index in [0.717, 1.165) is 6.54 Å². The molecule has 0 heterocycles. The van der Waals surface area contributed by atoms with Crippen LogP contribution in [0.2, 0.25) is 0 Å². The van der Waals surface area contributed by atoms with Crippen molar-refractivity contribution in [2.75, 3.05) is 13.7 Å². The minimum absolute atomic E-state index is 0. The highest BCUT2D eigenvalue weighted by Gasteiger charge is 2.07. The van der Waals surface area contributed by atoms with Gasteiger partial charge in [-0.1, -0.05) is 6.92 Å². The molecule has 0 aliphatic rings. The third-order valence-electron chi connectivity index (χ3n) is 1.60. The average molecular weight is 133 g/mol. The van der Waals surface area contributed by atoms with E-state index in [9.17, 15) is 0 Å². The van der Waals surface area contributed by atoms with E-state index in [4.69, 9.17) is 4.74 Å². The van der Waals surface area contributed by atoms with Crippen molar-refractivity contribution in [1.82, 2.24) is 5.32 Å². The molecule has 0 radical (unpaired) electrons. The highest BCUT2D eigenvalue weighted by molar-refractivity contribution is 4.65. The fraction of sp³-hybridized carbons (Fsp3) is 1.00. The van der Waals surface area contributed by atoms with Gasteiger partial charge in [-0.25, -0.2) is 0 Å². The Balaban J connectivity index is 0. The van der Waals surface area contributed by atoms with Gasteiger partial charge in [0.25, 0.3) is 0 Å². The monoisotopic (exact) mass is 133 g/mol. The molecule has 1 N–H and O–H groups in total. The molecule has 0 saturated carbocycles. The molecule has 0 amide bonds. The van der Waals surface area contributed by atoms with Crippen LogP contribution in [-0.4, -0.2) is 25.8 Å². The number of hydrogen-bond donors (Lipinski definition) is 1. The smallest absolute Gasteiger partial charge is 0.0693 e. The van der Waals surface area contributed by atoms with E-state index in [-0.39, 0.29) is 1.43 Å². The van der Waals surface area contributed by atoms with Crippen LogP contribution in [0.3, 0.4) is 0 Å². The Labute approximate surface area is 59.1 Å². The van der Waals surface area contributed by atoms with Gasteiger partial charge in [-0.05, 0) is 20.4 Å². The molecule has 0 bridgehead atoms. The largest absolute Gasteiger partial charge is 0.380 e. The Morgan fingerprint density at radius 2 is 2.11 bits per heavy atom. The van der Waals surface area contributed by atoms with Crippen LogP contribution in [0, 0.1) is 0 Å². The SMILES string of the molecule is CCN[C@@H](C)[C@H](C)OC.[HH]. The molecular weight excluding hydrogens is 114 g/mol. The molecule has 0 aromatic heterocycles. The number of nitrogens with one attached hydrogen (secondary N) is 1. The first-order valence-corrected chi connectivity index (χ1v) is 3.48. The summed E-state index contributed by atoms with van der Waals surface area (Å²) >= 11 is 0. The lowest BCUT2D eigenvalue weighted by Gasteiger charge is -2.18. The molecule has 0 aliphatic carbocycles. The van der Waals surface area contributed by atoms with Gasteiger partial charge in [0.1, 0.15) is 0 Å². The highest BCUT2D eigenvalue weighted by Crippen LogP contribution is 1.94. The lowest BCUT2D eigenvalue weighted by Crippen LogP contribution is -2.36. The molecule has 0 saturated heterocycles. The standard InChI is InChI=1S/C7H17NO.H2/c1-5-8-6(2)7(3)9-4;/h6-8H,5H2,1-4H3;1H/t6-,7-;/m0./s1. The summed E-state index contributed by atoms with van der Waals surface area (Å²) < 4.78 is 5.10. The summed E-state index contributed by atoms with van der Waals surface area (Å²) in [6.45, 7) is 7.29. The first-order valence-electron chi connectivity index (χ1n) is 3.48. The zero-order valence-electron chi connectivity index (χ0n) is 6.77. The van der Waals surface area contributed by atoms with Crippen LogP contribution in [0.5, 0.6) is 0 Å². The van der Waals surface area contributed by atoms with Gasteiger partial charge in [-0.2, -0.15) is 0 Å². The molecule has 0 aromatic rings. The molecule has 0 rings (SSSR count). The van der Waals surface area contributed by atoms with E-state index in [0.29, 0.717) is 12.1 Å².